The zero-order chi connectivity index (χ0) is 23.8. The molecular weight excluding hydrogens is 467 g/mol. The lowest BCUT2D eigenvalue weighted by Gasteiger charge is -2.08. The number of nitro groups is 1. The Bertz CT molecular complexity index is 1130. The molecule has 0 fully saturated rings. The highest BCUT2D eigenvalue weighted by molar-refractivity contribution is 7.99. The molecule has 33 heavy (non-hydrogen) atoms. The van der Waals surface area contributed by atoms with Crippen LogP contribution in [-0.4, -0.2) is 33.2 Å². The molecule has 1 heterocycles. The number of nitrogens with one attached hydrogen (secondary N) is 1. The average Bonchev–Trinajstić information content (AvgIpc) is 3.24. The Morgan fingerprint density at radius 1 is 1.30 bits per heavy atom. The van der Waals surface area contributed by atoms with E-state index in [9.17, 15) is 14.7 Å². The summed E-state index contributed by atoms with van der Waals surface area (Å²) < 4.78 is 21.0. The fraction of sp³-hybridized carbons (Fsp3) is 0.333. The second-order valence-electron chi connectivity index (χ2n) is 7.28. The van der Waals surface area contributed by atoms with E-state index in [1.165, 1.54) is 17.8 Å². The van der Waals surface area contributed by atoms with Gasteiger partial charge in [-0.05, 0) is 49.6 Å². The van der Waals surface area contributed by atoms with Gasteiger partial charge in [-0.3, -0.25) is 14.7 Å². The van der Waals surface area contributed by atoms with E-state index in [0.717, 1.165) is 22.3 Å². The maximum Gasteiger partial charge on any atom is 0.316 e. The van der Waals surface area contributed by atoms with Gasteiger partial charge in [0.1, 0.15) is 0 Å². The zero-order valence-electron chi connectivity index (χ0n) is 18.2. The van der Waals surface area contributed by atoms with Crippen LogP contribution in [0.4, 0.5) is 5.69 Å². The minimum atomic E-state index is -2.86. The SMILES string of the molecule is Cc1cc(CNCCCO[PH](=O)O)ccc1-c1nnc(SC(C)c2cccc([N+](=O)[O-])c2)o1. The zero-order valence-corrected chi connectivity index (χ0v) is 20.0. The number of hydrogen-bond acceptors (Lipinski definition) is 9. The molecule has 176 valence electrons. The number of nitrogens with zero attached hydrogens (tertiary/aromatic N) is 3. The molecule has 2 atom stereocenters. The molecule has 0 aliphatic carbocycles. The molecule has 0 bridgehead atoms. The Hall–Kier alpha value is -2.56. The van der Waals surface area contributed by atoms with Crippen molar-refractivity contribution < 1.29 is 23.3 Å². The van der Waals surface area contributed by atoms with Crippen LogP contribution in [0.5, 0.6) is 0 Å². The lowest BCUT2D eigenvalue weighted by Crippen LogP contribution is -2.16. The molecule has 10 nitrogen and oxygen atoms in total. The van der Waals surface area contributed by atoms with Gasteiger partial charge in [-0.25, -0.2) is 0 Å². The van der Waals surface area contributed by atoms with Crippen molar-refractivity contribution in [3.05, 3.63) is 69.3 Å². The summed E-state index contributed by atoms with van der Waals surface area (Å²) in [4.78, 5) is 19.2. The minimum Gasteiger partial charge on any atom is -0.411 e. The number of rotatable bonds is 12. The molecule has 3 aromatic rings. The molecule has 12 heteroatoms. The predicted molar refractivity (Wildman–Crippen MR) is 125 cm³/mol. The molecule has 1 aromatic heterocycles. The van der Waals surface area contributed by atoms with Gasteiger partial charge in [-0.2, -0.15) is 0 Å². The van der Waals surface area contributed by atoms with Crippen molar-refractivity contribution in [3.8, 4) is 11.5 Å². The van der Waals surface area contributed by atoms with E-state index in [4.69, 9.17) is 9.31 Å². The van der Waals surface area contributed by atoms with Gasteiger partial charge in [-0.1, -0.05) is 36.0 Å². The number of nitro benzene ring substituents is 1. The highest BCUT2D eigenvalue weighted by atomic mass is 32.2. The van der Waals surface area contributed by atoms with Gasteiger partial charge in [0.25, 0.3) is 10.9 Å². The van der Waals surface area contributed by atoms with Crippen molar-refractivity contribution >= 4 is 25.7 Å². The van der Waals surface area contributed by atoms with Gasteiger partial charge < -0.3 is 19.2 Å². The van der Waals surface area contributed by atoms with Crippen LogP contribution < -0.4 is 5.32 Å². The van der Waals surface area contributed by atoms with Crippen molar-refractivity contribution in [2.75, 3.05) is 13.2 Å². The summed E-state index contributed by atoms with van der Waals surface area (Å²) in [5.41, 5.74) is 3.76. The minimum absolute atomic E-state index is 0.0483. The topological polar surface area (TPSA) is 141 Å². The number of thioether (sulfide) groups is 1. The first-order valence-corrected chi connectivity index (χ1v) is 12.4. The summed E-state index contributed by atoms with van der Waals surface area (Å²) in [6, 6.07) is 12.4. The van der Waals surface area contributed by atoms with Crippen LogP contribution in [0.3, 0.4) is 0 Å². The van der Waals surface area contributed by atoms with Crippen molar-refractivity contribution in [2.24, 2.45) is 0 Å². The fourth-order valence-corrected chi connectivity index (χ4v) is 4.26. The Labute approximate surface area is 195 Å². The molecule has 0 spiro atoms. The molecule has 0 radical (unpaired) electrons. The number of aryl methyl sites for hydroxylation is 1. The lowest BCUT2D eigenvalue weighted by atomic mass is 10.1. The molecule has 2 unspecified atom stereocenters. The third-order valence-electron chi connectivity index (χ3n) is 4.81. The Morgan fingerprint density at radius 2 is 2.12 bits per heavy atom. The van der Waals surface area contributed by atoms with Crippen LogP contribution in [0.25, 0.3) is 11.5 Å². The van der Waals surface area contributed by atoms with E-state index in [1.54, 1.807) is 12.1 Å². The quantitative estimate of drug-likeness (QED) is 0.120. The molecule has 0 saturated heterocycles. The Balaban J connectivity index is 1.58. The van der Waals surface area contributed by atoms with Crippen LogP contribution in [-0.2, 0) is 15.6 Å². The van der Waals surface area contributed by atoms with Crippen LogP contribution in [0, 0.1) is 17.0 Å². The van der Waals surface area contributed by atoms with Crippen LogP contribution in [0.1, 0.15) is 35.3 Å². The molecule has 0 aliphatic rings. The smallest absolute Gasteiger partial charge is 0.316 e. The van der Waals surface area contributed by atoms with E-state index >= 15 is 0 Å². The van der Waals surface area contributed by atoms with Gasteiger partial charge in [0.05, 0.1) is 11.5 Å². The van der Waals surface area contributed by atoms with Crippen molar-refractivity contribution in [1.29, 1.82) is 0 Å². The first-order chi connectivity index (χ1) is 15.8. The Morgan fingerprint density at radius 3 is 2.85 bits per heavy atom. The molecule has 0 aliphatic heterocycles. The second-order valence-corrected chi connectivity index (χ2v) is 9.39. The van der Waals surface area contributed by atoms with E-state index in [2.05, 4.69) is 20.0 Å². The molecule has 0 amide bonds. The van der Waals surface area contributed by atoms with Gasteiger partial charge in [0, 0.05) is 29.5 Å². The first kappa shape index (κ1) is 25.1. The first-order valence-electron chi connectivity index (χ1n) is 10.2. The summed E-state index contributed by atoms with van der Waals surface area (Å²) in [6.07, 6.45) is 0.644. The highest BCUT2D eigenvalue weighted by Crippen LogP contribution is 2.36. The van der Waals surface area contributed by atoms with E-state index < -0.39 is 13.2 Å². The van der Waals surface area contributed by atoms with Crippen molar-refractivity contribution in [2.45, 2.75) is 37.3 Å². The van der Waals surface area contributed by atoms with E-state index in [0.29, 0.717) is 30.6 Å². The molecule has 0 saturated carbocycles. The van der Waals surface area contributed by atoms with Crippen molar-refractivity contribution in [3.63, 3.8) is 0 Å². The van der Waals surface area contributed by atoms with E-state index in [-0.39, 0.29) is 17.5 Å². The van der Waals surface area contributed by atoms with Crippen LogP contribution in [0.15, 0.2) is 52.1 Å². The monoisotopic (exact) mass is 492 g/mol. The van der Waals surface area contributed by atoms with Gasteiger partial charge in [-0.15, -0.1) is 10.2 Å². The van der Waals surface area contributed by atoms with Gasteiger partial charge >= 0.3 is 8.25 Å². The highest BCUT2D eigenvalue weighted by Gasteiger charge is 2.17. The molecular formula is C21H25N4O6PS. The van der Waals surface area contributed by atoms with Crippen molar-refractivity contribution in [1.82, 2.24) is 15.5 Å². The normalized spacial score (nSPS) is 13.1. The summed E-state index contributed by atoms with van der Waals surface area (Å²) in [5.74, 6) is 0.414. The van der Waals surface area contributed by atoms with Crippen LogP contribution in [0.2, 0.25) is 0 Å². The van der Waals surface area contributed by atoms with E-state index in [1.807, 2.05) is 38.1 Å². The third kappa shape index (κ3) is 7.48. The maximum atomic E-state index is 11.0. The second kappa shape index (κ2) is 12.1. The number of benzene rings is 2. The van der Waals surface area contributed by atoms with Gasteiger partial charge in [0.2, 0.25) is 5.89 Å². The number of aromatic nitrogens is 2. The number of hydrogen-bond donors (Lipinski definition) is 2. The summed E-state index contributed by atoms with van der Waals surface area (Å²) in [6.45, 7) is 5.46. The maximum absolute atomic E-state index is 11.0. The summed E-state index contributed by atoms with van der Waals surface area (Å²) in [5, 5.41) is 22.8. The summed E-state index contributed by atoms with van der Waals surface area (Å²) in [7, 11) is -2.86. The number of non-ortho nitro benzene ring substituents is 1. The molecule has 2 aromatic carbocycles. The standard InChI is InChI=1S/C21H25N4O6PS/c1-14-11-16(13-22-9-4-10-30-32(28)29)7-8-19(14)20-23-24-21(31-20)33-15(2)17-5-3-6-18(12-17)25(26)27/h3,5-8,11-12,15,22,32H,4,9-10,13H2,1-2H3,(H,28,29). The predicted octanol–water partition coefficient (Wildman–Crippen LogP) is 4.68. The summed E-state index contributed by atoms with van der Waals surface area (Å²) >= 11 is 1.34. The third-order valence-corrected chi connectivity index (χ3v) is 6.25. The van der Waals surface area contributed by atoms with Gasteiger partial charge in [0.15, 0.2) is 0 Å². The molecule has 3 rings (SSSR count). The largest absolute Gasteiger partial charge is 0.411 e. The fourth-order valence-electron chi connectivity index (χ4n) is 3.14. The van der Waals surface area contributed by atoms with Crippen LogP contribution >= 0.6 is 20.0 Å². The molecule has 2 N–H and O–H groups in total. The lowest BCUT2D eigenvalue weighted by molar-refractivity contribution is -0.384. The Kier molecular flexibility index (Phi) is 9.16. The average molecular weight is 492 g/mol.